The molecule has 1 atom stereocenters. The molecule has 0 saturated carbocycles. The molecule has 7 nitrogen and oxygen atoms in total. The van der Waals surface area contributed by atoms with Crippen molar-refractivity contribution in [3.8, 4) is 22.1 Å². The summed E-state index contributed by atoms with van der Waals surface area (Å²) in [6.45, 7) is 7.30. The molecule has 1 aromatic carbocycles. The van der Waals surface area contributed by atoms with Crippen molar-refractivity contribution in [1.82, 2.24) is 19.7 Å². The van der Waals surface area contributed by atoms with Crippen LogP contribution in [-0.4, -0.2) is 53.0 Å². The van der Waals surface area contributed by atoms with Crippen LogP contribution < -0.4 is 14.8 Å². The van der Waals surface area contributed by atoms with Crippen LogP contribution >= 0.6 is 11.3 Å². The molecule has 0 amide bonds. The smallest absolute Gasteiger partial charge is 0.183 e. The van der Waals surface area contributed by atoms with Crippen LogP contribution in [0.3, 0.4) is 0 Å². The highest BCUT2D eigenvalue weighted by Gasteiger charge is 2.19. The SMILES string of the molecule is Cc1nc(NCc2ccc3c(c2)OCCO3)sc1-c1ccn(CC2CCCN(C)C2)n1. The second-order valence-corrected chi connectivity index (χ2v) is 9.46. The Morgan fingerprint density at radius 3 is 2.94 bits per heavy atom. The Morgan fingerprint density at radius 1 is 1.19 bits per heavy atom. The van der Waals surface area contributed by atoms with Crippen LogP contribution in [-0.2, 0) is 13.1 Å². The van der Waals surface area contributed by atoms with Gasteiger partial charge in [0.1, 0.15) is 18.9 Å². The first kappa shape index (κ1) is 20.3. The van der Waals surface area contributed by atoms with E-state index in [1.165, 1.54) is 19.4 Å². The summed E-state index contributed by atoms with van der Waals surface area (Å²) >= 11 is 1.66. The van der Waals surface area contributed by atoms with Gasteiger partial charge in [-0.2, -0.15) is 5.10 Å². The third-order valence-electron chi connectivity index (χ3n) is 5.89. The molecule has 1 unspecified atom stereocenters. The van der Waals surface area contributed by atoms with E-state index >= 15 is 0 Å². The van der Waals surface area contributed by atoms with Gasteiger partial charge >= 0.3 is 0 Å². The molecule has 2 aliphatic heterocycles. The first-order chi connectivity index (χ1) is 15.1. The van der Waals surface area contributed by atoms with Crippen LogP contribution in [0.5, 0.6) is 11.5 Å². The summed E-state index contributed by atoms with van der Waals surface area (Å²) in [6.07, 6.45) is 4.67. The van der Waals surface area contributed by atoms with E-state index in [9.17, 15) is 0 Å². The van der Waals surface area contributed by atoms with Crippen molar-refractivity contribution >= 4 is 16.5 Å². The van der Waals surface area contributed by atoms with Gasteiger partial charge in [0.05, 0.1) is 10.6 Å². The van der Waals surface area contributed by atoms with E-state index < -0.39 is 0 Å². The normalized spacial score (nSPS) is 18.8. The van der Waals surface area contributed by atoms with Crippen LogP contribution in [0.4, 0.5) is 5.13 Å². The Morgan fingerprint density at radius 2 is 2.06 bits per heavy atom. The summed E-state index contributed by atoms with van der Waals surface area (Å²) in [6, 6.07) is 8.18. The minimum absolute atomic E-state index is 0.600. The molecule has 0 spiro atoms. The number of nitrogens with zero attached hydrogens (tertiary/aromatic N) is 4. The largest absolute Gasteiger partial charge is 0.486 e. The van der Waals surface area contributed by atoms with Gasteiger partial charge in [-0.1, -0.05) is 17.4 Å². The van der Waals surface area contributed by atoms with Crippen molar-refractivity contribution in [1.29, 1.82) is 0 Å². The number of ether oxygens (including phenoxy) is 2. The van der Waals surface area contributed by atoms with E-state index in [1.807, 2.05) is 12.1 Å². The number of benzene rings is 1. The number of thiazole rings is 1. The van der Waals surface area contributed by atoms with E-state index in [-0.39, 0.29) is 0 Å². The third kappa shape index (κ3) is 4.70. The first-order valence-electron chi connectivity index (χ1n) is 11.0. The van der Waals surface area contributed by atoms with Gasteiger partial charge in [-0.15, -0.1) is 0 Å². The summed E-state index contributed by atoms with van der Waals surface area (Å²) < 4.78 is 13.4. The Bertz CT molecular complexity index is 1050. The lowest BCUT2D eigenvalue weighted by molar-refractivity contribution is 0.171. The number of anilines is 1. The number of hydrogen-bond acceptors (Lipinski definition) is 7. The fraction of sp³-hybridized carbons (Fsp3) is 0.478. The molecule has 1 saturated heterocycles. The fourth-order valence-electron chi connectivity index (χ4n) is 4.36. The van der Waals surface area contributed by atoms with Gasteiger partial charge in [0, 0.05) is 25.8 Å². The monoisotopic (exact) mass is 439 g/mol. The minimum atomic E-state index is 0.600. The summed E-state index contributed by atoms with van der Waals surface area (Å²) in [5.41, 5.74) is 3.16. The van der Waals surface area contributed by atoms with Gasteiger partial charge in [0.2, 0.25) is 0 Å². The molecule has 1 fully saturated rings. The van der Waals surface area contributed by atoms with E-state index in [2.05, 4.69) is 47.2 Å². The number of hydrogen-bond donors (Lipinski definition) is 1. The molecule has 4 heterocycles. The third-order valence-corrected chi connectivity index (χ3v) is 7.03. The van der Waals surface area contributed by atoms with Gasteiger partial charge in [0.15, 0.2) is 16.6 Å². The molecule has 0 aliphatic carbocycles. The predicted octanol–water partition coefficient (Wildman–Crippen LogP) is 4.04. The Hall–Kier alpha value is -2.58. The molecule has 1 N–H and O–H groups in total. The topological polar surface area (TPSA) is 64.4 Å². The van der Waals surface area contributed by atoms with Gasteiger partial charge in [-0.3, -0.25) is 4.68 Å². The minimum Gasteiger partial charge on any atom is -0.486 e. The molecule has 8 heteroatoms. The van der Waals surface area contributed by atoms with Gasteiger partial charge in [0.25, 0.3) is 0 Å². The molecule has 31 heavy (non-hydrogen) atoms. The highest BCUT2D eigenvalue weighted by Crippen LogP contribution is 2.33. The number of aryl methyl sites for hydroxylation is 1. The van der Waals surface area contributed by atoms with Crippen molar-refractivity contribution < 1.29 is 9.47 Å². The molecular formula is C23H29N5O2S. The fourth-order valence-corrected chi connectivity index (χ4v) is 5.28. The Balaban J connectivity index is 1.23. The maximum atomic E-state index is 5.68. The second kappa shape index (κ2) is 8.88. The number of nitrogens with one attached hydrogen (secondary N) is 1. The zero-order chi connectivity index (χ0) is 21.2. The number of fused-ring (bicyclic) bond motifs is 1. The number of rotatable bonds is 6. The maximum absolute atomic E-state index is 5.68. The lowest BCUT2D eigenvalue weighted by Crippen LogP contribution is -2.34. The predicted molar refractivity (Wildman–Crippen MR) is 123 cm³/mol. The molecule has 2 aliphatic rings. The molecule has 0 radical (unpaired) electrons. The second-order valence-electron chi connectivity index (χ2n) is 8.46. The molecule has 164 valence electrons. The molecule has 2 aromatic heterocycles. The molecule has 5 rings (SSSR count). The first-order valence-corrected chi connectivity index (χ1v) is 11.8. The van der Waals surface area contributed by atoms with Crippen LogP contribution in [0.25, 0.3) is 10.6 Å². The van der Waals surface area contributed by atoms with Gasteiger partial charge in [-0.05, 0) is 63.0 Å². The summed E-state index contributed by atoms with van der Waals surface area (Å²) in [4.78, 5) is 8.27. The summed E-state index contributed by atoms with van der Waals surface area (Å²) in [7, 11) is 2.21. The van der Waals surface area contributed by atoms with Crippen LogP contribution in [0.1, 0.15) is 24.1 Å². The number of piperidine rings is 1. The van der Waals surface area contributed by atoms with Crippen molar-refractivity contribution in [2.24, 2.45) is 5.92 Å². The van der Waals surface area contributed by atoms with Crippen molar-refractivity contribution in [2.75, 3.05) is 38.7 Å². The van der Waals surface area contributed by atoms with Gasteiger partial charge in [-0.25, -0.2) is 4.98 Å². The van der Waals surface area contributed by atoms with Crippen molar-refractivity contribution in [3.63, 3.8) is 0 Å². The lowest BCUT2D eigenvalue weighted by Gasteiger charge is -2.29. The number of aromatic nitrogens is 3. The van der Waals surface area contributed by atoms with Gasteiger partial charge < -0.3 is 19.7 Å². The lowest BCUT2D eigenvalue weighted by atomic mass is 9.99. The van der Waals surface area contributed by atoms with Crippen LogP contribution in [0, 0.1) is 12.8 Å². The molecular weight excluding hydrogens is 410 g/mol. The average Bonchev–Trinajstić information content (AvgIpc) is 3.38. The highest BCUT2D eigenvalue weighted by atomic mass is 32.1. The zero-order valence-electron chi connectivity index (χ0n) is 18.1. The average molecular weight is 440 g/mol. The Labute approximate surface area is 187 Å². The van der Waals surface area contributed by atoms with E-state index in [0.717, 1.165) is 51.5 Å². The van der Waals surface area contributed by atoms with E-state index in [1.54, 1.807) is 11.3 Å². The Kier molecular flexibility index (Phi) is 5.82. The quantitative estimate of drug-likeness (QED) is 0.625. The molecule has 3 aromatic rings. The van der Waals surface area contributed by atoms with Crippen molar-refractivity contribution in [3.05, 3.63) is 41.7 Å². The van der Waals surface area contributed by atoms with Crippen molar-refractivity contribution in [2.45, 2.75) is 32.9 Å². The summed E-state index contributed by atoms with van der Waals surface area (Å²) in [5.74, 6) is 2.31. The standard InChI is InChI=1S/C23H29N5O2S/c1-16-22(19-7-9-28(26-19)15-18-4-3-8-27(2)14-18)31-23(25-16)24-13-17-5-6-20-21(12-17)30-11-10-29-20/h5-7,9,12,18H,3-4,8,10-11,13-15H2,1-2H3,(H,24,25). The maximum Gasteiger partial charge on any atom is 0.183 e. The molecule has 0 bridgehead atoms. The van der Waals surface area contributed by atoms with Crippen LogP contribution in [0.15, 0.2) is 30.5 Å². The van der Waals surface area contributed by atoms with E-state index in [0.29, 0.717) is 25.7 Å². The summed E-state index contributed by atoms with van der Waals surface area (Å²) in [5, 5.41) is 9.21. The zero-order valence-corrected chi connectivity index (χ0v) is 19.0. The highest BCUT2D eigenvalue weighted by molar-refractivity contribution is 7.19. The van der Waals surface area contributed by atoms with Crippen LogP contribution in [0.2, 0.25) is 0 Å². The van der Waals surface area contributed by atoms with E-state index in [4.69, 9.17) is 19.6 Å². The number of likely N-dealkylation sites (tertiary alicyclic amines) is 1.